The van der Waals surface area contributed by atoms with E-state index in [9.17, 15) is 0 Å². The summed E-state index contributed by atoms with van der Waals surface area (Å²) >= 11 is 5.95. The van der Waals surface area contributed by atoms with Crippen LogP contribution in [0.25, 0.3) is 17.3 Å². The van der Waals surface area contributed by atoms with Gasteiger partial charge in [-0.1, -0.05) is 24.8 Å². The highest BCUT2D eigenvalue weighted by atomic mass is 35.5. The van der Waals surface area contributed by atoms with E-state index in [0.717, 1.165) is 18.7 Å². The first-order chi connectivity index (χ1) is 9.72. The fourth-order valence-corrected chi connectivity index (χ4v) is 3.06. The van der Waals surface area contributed by atoms with Crippen LogP contribution in [0.3, 0.4) is 0 Å². The van der Waals surface area contributed by atoms with Crippen LogP contribution in [0.4, 0.5) is 0 Å². The molecule has 0 aromatic carbocycles. The number of hydrogen-bond donors (Lipinski definition) is 0. The molecule has 102 valence electrons. The molecule has 0 saturated heterocycles. The predicted octanol–water partition coefficient (Wildman–Crippen LogP) is 4.05. The molecule has 0 fully saturated rings. The van der Waals surface area contributed by atoms with E-state index in [1.165, 1.54) is 28.9 Å². The van der Waals surface area contributed by atoms with E-state index in [2.05, 4.69) is 34.1 Å². The number of halogens is 1. The van der Waals surface area contributed by atoms with Crippen LogP contribution in [-0.2, 0) is 13.0 Å². The van der Waals surface area contributed by atoms with Gasteiger partial charge in [0.1, 0.15) is 0 Å². The highest BCUT2D eigenvalue weighted by Crippen LogP contribution is 2.36. The third-order valence-corrected chi connectivity index (χ3v) is 3.94. The van der Waals surface area contributed by atoms with E-state index in [1.54, 1.807) is 12.3 Å². The summed E-state index contributed by atoms with van der Waals surface area (Å²) in [5, 5.41) is 0.289. The molecule has 3 nitrogen and oxygen atoms in total. The zero-order valence-corrected chi connectivity index (χ0v) is 12.2. The van der Waals surface area contributed by atoms with Crippen molar-refractivity contribution in [2.24, 2.45) is 0 Å². The molecule has 0 saturated carbocycles. The summed E-state index contributed by atoms with van der Waals surface area (Å²) in [4.78, 5) is 8.36. The van der Waals surface area contributed by atoms with Gasteiger partial charge in [0.25, 0.3) is 0 Å². The van der Waals surface area contributed by atoms with Gasteiger partial charge in [-0.3, -0.25) is 0 Å². The molecule has 1 aliphatic rings. The minimum absolute atomic E-state index is 0.289. The molecule has 0 amide bonds. The average molecular weight is 286 g/mol. The summed E-state index contributed by atoms with van der Waals surface area (Å²) in [5.41, 5.74) is 5.91. The molecule has 3 heterocycles. The Morgan fingerprint density at radius 1 is 1.45 bits per heavy atom. The minimum atomic E-state index is 0.289. The topological polar surface area (TPSA) is 30.7 Å². The van der Waals surface area contributed by atoms with E-state index >= 15 is 0 Å². The van der Waals surface area contributed by atoms with Gasteiger partial charge in [-0.15, -0.1) is 0 Å². The van der Waals surface area contributed by atoms with Gasteiger partial charge in [0, 0.05) is 35.3 Å². The van der Waals surface area contributed by atoms with E-state index in [1.807, 2.05) is 12.1 Å². The molecule has 0 spiro atoms. The van der Waals surface area contributed by atoms with Crippen LogP contribution in [0.5, 0.6) is 0 Å². The van der Waals surface area contributed by atoms with Crippen LogP contribution in [0.2, 0.25) is 5.28 Å². The van der Waals surface area contributed by atoms with Gasteiger partial charge in [0.15, 0.2) is 0 Å². The quantitative estimate of drug-likeness (QED) is 0.629. The second-order valence-electron chi connectivity index (χ2n) is 4.88. The fourth-order valence-electron chi connectivity index (χ4n) is 2.91. The van der Waals surface area contributed by atoms with Crippen LogP contribution < -0.4 is 0 Å². The minimum Gasteiger partial charge on any atom is -0.348 e. The zero-order valence-electron chi connectivity index (χ0n) is 11.4. The Labute approximate surface area is 123 Å². The highest BCUT2D eigenvalue weighted by molar-refractivity contribution is 6.28. The Balaban J connectivity index is 2.25. The van der Waals surface area contributed by atoms with Gasteiger partial charge in [0.2, 0.25) is 5.28 Å². The van der Waals surface area contributed by atoms with Gasteiger partial charge < -0.3 is 4.57 Å². The van der Waals surface area contributed by atoms with Crippen molar-refractivity contribution in [1.82, 2.24) is 14.5 Å². The fraction of sp³-hybridized carbons (Fsp3) is 0.250. The number of aromatic nitrogens is 3. The van der Waals surface area contributed by atoms with Gasteiger partial charge in [-0.2, -0.15) is 0 Å². The molecule has 0 N–H and O–H groups in total. The SMILES string of the molecule is C=C/C=C\c1c(-c2ccnc(Cl)n2)c2n(c1C)CCC2. The van der Waals surface area contributed by atoms with Gasteiger partial charge in [-0.25, -0.2) is 9.97 Å². The first-order valence-electron chi connectivity index (χ1n) is 6.72. The molecule has 2 aromatic heterocycles. The van der Waals surface area contributed by atoms with Gasteiger partial charge in [-0.05, 0) is 37.4 Å². The second-order valence-corrected chi connectivity index (χ2v) is 5.22. The predicted molar refractivity (Wildman–Crippen MR) is 82.8 cm³/mol. The number of nitrogens with zero attached hydrogens (tertiary/aromatic N) is 3. The largest absolute Gasteiger partial charge is 0.348 e. The molecular weight excluding hydrogens is 270 g/mol. The van der Waals surface area contributed by atoms with Crippen molar-refractivity contribution in [2.45, 2.75) is 26.3 Å². The van der Waals surface area contributed by atoms with Gasteiger partial charge in [0.05, 0.1) is 5.69 Å². The third-order valence-electron chi connectivity index (χ3n) is 3.75. The van der Waals surface area contributed by atoms with Crippen molar-refractivity contribution in [3.8, 4) is 11.3 Å². The summed E-state index contributed by atoms with van der Waals surface area (Å²) in [6, 6.07) is 1.92. The Morgan fingerprint density at radius 3 is 3.05 bits per heavy atom. The lowest BCUT2D eigenvalue weighted by molar-refractivity contribution is 0.728. The van der Waals surface area contributed by atoms with Crippen LogP contribution in [0.15, 0.2) is 31.0 Å². The van der Waals surface area contributed by atoms with Crippen molar-refractivity contribution in [1.29, 1.82) is 0 Å². The molecule has 4 heteroatoms. The molecule has 2 aromatic rings. The Kier molecular flexibility index (Phi) is 3.45. The van der Waals surface area contributed by atoms with Crippen molar-refractivity contribution < 1.29 is 0 Å². The maximum atomic E-state index is 5.95. The Bertz CT molecular complexity index is 698. The molecule has 0 bridgehead atoms. The van der Waals surface area contributed by atoms with Crippen LogP contribution in [0.1, 0.15) is 23.4 Å². The summed E-state index contributed by atoms with van der Waals surface area (Å²) in [6.45, 7) is 6.98. The van der Waals surface area contributed by atoms with Crippen molar-refractivity contribution >= 4 is 17.7 Å². The summed E-state index contributed by atoms with van der Waals surface area (Å²) in [6.07, 6.45) is 9.83. The maximum absolute atomic E-state index is 5.95. The average Bonchev–Trinajstić information content (AvgIpc) is 2.99. The van der Waals surface area contributed by atoms with E-state index < -0.39 is 0 Å². The molecule has 3 rings (SSSR count). The molecule has 20 heavy (non-hydrogen) atoms. The van der Waals surface area contributed by atoms with Crippen molar-refractivity contribution in [2.75, 3.05) is 0 Å². The molecule has 0 aliphatic carbocycles. The van der Waals surface area contributed by atoms with E-state index in [0.29, 0.717) is 0 Å². The highest BCUT2D eigenvalue weighted by Gasteiger charge is 2.24. The smallest absolute Gasteiger partial charge is 0.222 e. The van der Waals surface area contributed by atoms with E-state index in [-0.39, 0.29) is 5.28 Å². The van der Waals surface area contributed by atoms with Crippen LogP contribution in [0, 0.1) is 6.92 Å². The lowest BCUT2D eigenvalue weighted by atomic mass is 10.0. The van der Waals surface area contributed by atoms with Gasteiger partial charge >= 0.3 is 0 Å². The number of rotatable bonds is 3. The molecular formula is C16H16ClN3. The standard InChI is InChI=1S/C16H16ClN3/c1-3-4-6-12-11(2)20-10-5-7-14(20)15(12)13-8-9-18-16(17)19-13/h3-4,6,8-9H,1,5,7,10H2,2H3/b6-4-. The second kappa shape index (κ2) is 5.25. The van der Waals surface area contributed by atoms with Crippen molar-refractivity contribution in [3.05, 3.63) is 53.2 Å². The first-order valence-corrected chi connectivity index (χ1v) is 7.10. The van der Waals surface area contributed by atoms with E-state index in [4.69, 9.17) is 11.6 Å². The lowest BCUT2D eigenvalue weighted by Crippen LogP contribution is -1.94. The maximum Gasteiger partial charge on any atom is 0.222 e. The van der Waals surface area contributed by atoms with Crippen LogP contribution >= 0.6 is 11.6 Å². The number of fused-ring (bicyclic) bond motifs is 1. The summed E-state index contributed by atoms with van der Waals surface area (Å²) in [5.74, 6) is 0. The molecule has 0 atom stereocenters. The van der Waals surface area contributed by atoms with Crippen LogP contribution in [-0.4, -0.2) is 14.5 Å². The third kappa shape index (κ3) is 2.08. The Morgan fingerprint density at radius 2 is 2.30 bits per heavy atom. The molecule has 1 aliphatic heterocycles. The lowest BCUT2D eigenvalue weighted by Gasteiger charge is -2.04. The summed E-state index contributed by atoms with van der Waals surface area (Å²) < 4.78 is 2.38. The monoisotopic (exact) mass is 285 g/mol. The normalized spacial score (nSPS) is 13.9. The molecule has 0 radical (unpaired) electrons. The summed E-state index contributed by atoms with van der Waals surface area (Å²) in [7, 11) is 0. The number of hydrogen-bond acceptors (Lipinski definition) is 2. The molecule has 0 unspecified atom stereocenters. The van der Waals surface area contributed by atoms with Crippen molar-refractivity contribution in [3.63, 3.8) is 0 Å². The number of allylic oxidation sites excluding steroid dienone is 2. The first kappa shape index (κ1) is 13.1. The zero-order chi connectivity index (χ0) is 14.1. The Hall–Kier alpha value is -1.87.